The van der Waals surface area contributed by atoms with E-state index in [0.29, 0.717) is 6.42 Å². The molecule has 0 spiro atoms. The van der Waals surface area contributed by atoms with Gasteiger partial charge in [0.1, 0.15) is 18.1 Å². The van der Waals surface area contributed by atoms with Gasteiger partial charge in [0.15, 0.2) is 0 Å². The Morgan fingerprint density at radius 3 is 2.13 bits per heavy atom. The molecular formula is C17H28N6O7. The van der Waals surface area contributed by atoms with Crippen molar-refractivity contribution in [3.8, 4) is 0 Å². The lowest BCUT2D eigenvalue weighted by Crippen LogP contribution is -2.57. The minimum absolute atomic E-state index is 0.172. The number of hydrogen-bond donors (Lipinski definition) is 6. The molecule has 1 heterocycles. The van der Waals surface area contributed by atoms with E-state index < -0.39 is 66.1 Å². The molecule has 168 valence electrons. The van der Waals surface area contributed by atoms with Crippen LogP contribution in [0.1, 0.15) is 39.0 Å². The second-order valence-corrected chi connectivity index (χ2v) is 7.11. The van der Waals surface area contributed by atoms with Crippen LogP contribution in [0.4, 0.5) is 0 Å². The lowest BCUT2D eigenvalue weighted by atomic mass is 10.1. The van der Waals surface area contributed by atoms with Crippen LogP contribution in [-0.4, -0.2) is 76.2 Å². The van der Waals surface area contributed by atoms with Crippen molar-refractivity contribution in [3.63, 3.8) is 0 Å². The van der Waals surface area contributed by atoms with E-state index in [0.717, 1.165) is 4.90 Å². The van der Waals surface area contributed by atoms with Crippen molar-refractivity contribution >= 4 is 35.5 Å². The van der Waals surface area contributed by atoms with Crippen LogP contribution in [0.25, 0.3) is 0 Å². The van der Waals surface area contributed by atoms with E-state index in [1.807, 2.05) is 0 Å². The van der Waals surface area contributed by atoms with Gasteiger partial charge in [0, 0.05) is 13.0 Å². The molecule has 4 unspecified atom stereocenters. The highest BCUT2D eigenvalue weighted by molar-refractivity contribution is 5.96. The molecule has 0 bridgehead atoms. The molecule has 4 atom stereocenters. The van der Waals surface area contributed by atoms with Gasteiger partial charge in [-0.05, 0) is 26.2 Å². The Bertz CT molecular complexity index is 711. The number of nitrogens with one attached hydrogen (secondary N) is 2. The largest absolute Gasteiger partial charge is 0.480 e. The SMILES string of the molecule is CC(N)C(=O)NC(CC(N)=O)C(=O)NC(CCC(N)=O)C(=O)N1CCCC1C(=O)O. The second-order valence-electron chi connectivity index (χ2n) is 7.11. The monoisotopic (exact) mass is 428 g/mol. The van der Waals surface area contributed by atoms with Gasteiger partial charge in [-0.3, -0.25) is 24.0 Å². The summed E-state index contributed by atoms with van der Waals surface area (Å²) in [6, 6.07) is -4.71. The molecule has 1 aliphatic heterocycles. The Labute approximate surface area is 172 Å². The van der Waals surface area contributed by atoms with Gasteiger partial charge in [-0.2, -0.15) is 0 Å². The van der Waals surface area contributed by atoms with Crippen LogP contribution >= 0.6 is 0 Å². The molecule has 0 aromatic heterocycles. The van der Waals surface area contributed by atoms with Crippen molar-refractivity contribution in [2.45, 2.75) is 63.2 Å². The summed E-state index contributed by atoms with van der Waals surface area (Å²) in [5, 5.41) is 13.9. The highest BCUT2D eigenvalue weighted by Gasteiger charge is 2.38. The highest BCUT2D eigenvalue weighted by atomic mass is 16.4. The number of carbonyl (C=O) groups is 6. The normalized spacial score (nSPS) is 18.7. The lowest BCUT2D eigenvalue weighted by molar-refractivity contribution is -0.149. The van der Waals surface area contributed by atoms with Crippen LogP contribution < -0.4 is 27.8 Å². The smallest absolute Gasteiger partial charge is 0.326 e. The minimum atomic E-state index is -1.40. The summed E-state index contributed by atoms with van der Waals surface area (Å²) in [4.78, 5) is 72.3. The Balaban J connectivity index is 3.02. The Kier molecular flexibility index (Phi) is 9.17. The Morgan fingerprint density at radius 1 is 1.03 bits per heavy atom. The molecule has 9 N–H and O–H groups in total. The van der Waals surface area contributed by atoms with Crippen LogP contribution in [0, 0.1) is 0 Å². The van der Waals surface area contributed by atoms with Gasteiger partial charge < -0.3 is 37.8 Å². The molecular weight excluding hydrogens is 400 g/mol. The summed E-state index contributed by atoms with van der Waals surface area (Å²) in [7, 11) is 0. The summed E-state index contributed by atoms with van der Waals surface area (Å²) in [5.74, 6) is -5.12. The highest BCUT2D eigenvalue weighted by Crippen LogP contribution is 2.19. The fraction of sp³-hybridized carbons (Fsp3) is 0.647. The molecule has 1 rings (SSSR count). The van der Waals surface area contributed by atoms with Crippen LogP contribution in [0.2, 0.25) is 0 Å². The van der Waals surface area contributed by atoms with E-state index in [4.69, 9.17) is 17.2 Å². The summed E-state index contributed by atoms with van der Waals surface area (Å²) < 4.78 is 0. The number of carbonyl (C=O) groups excluding carboxylic acids is 5. The number of primary amides is 2. The average Bonchev–Trinajstić information content (AvgIpc) is 3.13. The van der Waals surface area contributed by atoms with Gasteiger partial charge in [0.05, 0.1) is 12.5 Å². The summed E-state index contributed by atoms with van der Waals surface area (Å²) >= 11 is 0. The number of carboxylic acids is 1. The first-order chi connectivity index (χ1) is 13.9. The van der Waals surface area contributed by atoms with Crippen LogP contribution in [-0.2, 0) is 28.8 Å². The number of nitrogens with two attached hydrogens (primary N) is 3. The number of amides is 5. The molecule has 0 aromatic carbocycles. The number of likely N-dealkylation sites (tertiary alicyclic amines) is 1. The third-order valence-corrected chi connectivity index (χ3v) is 4.57. The molecule has 0 aliphatic carbocycles. The predicted octanol–water partition coefficient (Wildman–Crippen LogP) is -3.48. The lowest BCUT2D eigenvalue weighted by Gasteiger charge is -2.28. The maximum absolute atomic E-state index is 12.9. The fourth-order valence-electron chi connectivity index (χ4n) is 3.02. The van der Waals surface area contributed by atoms with Crippen molar-refractivity contribution < 1.29 is 33.9 Å². The van der Waals surface area contributed by atoms with Gasteiger partial charge in [-0.15, -0.1) is 0 Å². The minimum Gasteiger partial charge on any atom is -0.480 e. The van der Waals surface area contributed by atoms with E-state index in [1.54, 1.807) is 0 Å². The number of nitrogens with zero attached hydrogens (tertiary/aromatic N) is 1. The zero-order chi connectivity index (χ0) is 23.0. The first-order valence-corrected chi connectivity index (χ1v) is 9.40. The van der Waals surface area contributed by atoms with Crippen molar-refractivity contribution in [2.75, 3.05) is 6.54 Å². The number of hydrogen-bond acceptors (Lipinski definition) is 7. The number of aliphatic carboxylic acids is 1. The second kappa shape index (κ2) is 11.1. The van der Waals surface area contributed by atoms with E-state index in [2.05, 4.69) is 10.6 Å². The van der Waals surface area contributed by atoms with Crippen molar-refractivity contribution in [1.29, 1.82) is 0 Å². The average molecular weight is 428 g/mol. The molecule has 0 saturated carbocycles. The molecule has 0 aromatic rings. The molecule has 13 nitrogen and oxygen atoms in total. The Hall–Kier alpha value is -3.22. The number of carboxylic acid groups (broad SMARTS) is 1. The van der Waals surface area contributed by atoms with Gasteiger partial charge >= 0.3 is 5.97 Å². The molecule has 30 heavy (non-hydrogen) atoms. The standard InChI is InChI=1S/C17H28N6O7/c1-8(18)14(26)22-10(7-13(20)25)15(27)21-9(4-5-12(19)24)16(28)23-6-2-3-11(23)17(29)30/h8-11H,2-7,18H2,1H3,(H2,19,24)(H2,20,25)(H,21,27)(H,22,26)(H,29,30). The number of rotatable bonds is 11. The van der Waals surface area contributed by atoms with Crippen molar-refractivity contribution in [1.82, 2.24) is 15.5 Å². The first kappa shape index (κ1) is 24.8. The molecule has 1 aliphatic rings. The zero-order valence-corrected chi connectivity index (χ0v) is 16.6. The van der Waals surface area contributed by atoms with E-state index >= 15 is 0 Å². The van der Waals surface area contributed by atoms with Crippen LogP contribution in [0.3, 0.4) is 0 Å². The third kappa shape index (κ3) is 7.31. The first-order valence-electron chi connectivity index (χ1n) is 9.40. The molecule has 1 fully saturated rings. The topological polar surface area (TPSA) is 228 Å². The van der Waals surface area contributed by atoms with Gasteiger partial charge in [0.25, 0.3) is 0 Å². The van der Waals surface area contributed by atoms with Gasteiger partial charge in [0.2, 0.25) is 29.5 Å². The van der Waals surface area contributed by atoms with Crippen molar-refractivity contribution in [3.05, 3.63) is 0 Å². The summed E-state index contributed by atoms with van der Waals surface area (Å²) in [6.45, 7) is 1.54. The summed E-state index contributed by atoms with van der Waals surface area (Å²) in [6.07, 6.45) is -0.273. The van der Waals surface area contributed by atoms with Crippen LogP contribution in [0.5, 0.6) is 0 Å². The molecule has 5 amide bonds. The molecule has 1 saturated heterocycles. The zero-order valence-electron chi connectivity index (χ0n) is 16.6. The quantitative estimate of drug-likeness (QED) is 0.193. The Morgan fingerprint density at radius 2 is 1.63 bits per heavy atom. The molecule has 0 radical (unpaired) electrons. The van der Waals surface area contributed by atoms with E-state index in [1.165, 1.54) is 6.92 Å². The van der Waals surface area contributed by atoms with E-state index in [9.17, 15) is 33.9 Å². The maximum atomic E-state index is 12.9. The van der Waals surface area contributed by atoms with Crippen LogP contribution in [0.15, 0.2) is 0 Å². The fourth-order valence-corrected chi connectivity index (χ4v) is 3.02. The maximum Gasteiger partial charge on any atom is 0.326 e. The van der Waals surface area contributed by atoms with Gasteiger partial charge in [-0.1, -0.05) is 0 Å². The predicted molar refractivity (Wildman–Crippen MR) is 102 cm³/mol. The van der Waals surface area contributed by atoms with Gasteiger partial charge in [-0.25, -0.2) is 4.79 Å². The molecule has 13 heteroatoms. The summed E-state index contributed by atoms with van der Waals surface area (Å²) in [5.41, 5.74) is 15.7. The third-order valence-electron chi connectivity index (χ3n) is 4.57. The van der Waals surface area contributed by atoms with Crippen molar-refractivity contribution in [2.24, 2.45) is 17.2 Å². The van der Waals surface area contributed by atoms with E-state index in [-0.39, 0.29) is 25.8 Å².